The number of carbonyl (C=O) groups is 1. The molecule has 0 saturated heterocycles. The van der Waals surface area contributed by atoms with Gasteiger partial charge in [0.2, 0.25) is 0 Å². The summed E-state index contributed by atoms with van der Waals surface area (Å²) in [6.07, 6.45) is 6.37. The quantitative estimate of drug-likeness (QED) is 0.756. The fraction of sp³-hybridized carbons (Fsp3) is 0.438. The van der Waals surface area contributed by atoms with E-state index in [2.05, 4.69) is 6.58 Å². The lowest BCUT2D eigenvalue weighted by Gasteiger charge is -2.35. The van der Waals surface area contributed by atoms with Crippen molar-refractivity contribution >= 4 is 5.78 Å². The third-order valence-corrected chi connectivity index (χ3v) is 3.93. The normalized spacial score (nSPS) is 23.7. The molecular weight excluding hydrogens is 224 g/mol. The Balaban J connectivity index is 2.38. The van der Waals surface area contributed by atoms with Crippen LogP contribution in [0, 0.1) is 0 Å². The molecule has 0 unspecified atom stereocenters. The molecule has 0 aliphatic heterocycles. The van der Waals surface area contributed by atoms with Crippen molar-refractivity contribution in [3.8, 4) is 5.75 Å². The Labute approximate surface area is 109 Å². The molecule has 18 heavy (non-hydrogen) atoms. The maximum absolute atomic E-state index is 12.4. The molecule has 0 aromatic heterocycles. The third kappa shape index (κ3) is 2.20. The van der Waals surface area contributed by atoms with Gasteiger partial charge in [-0.05, 0) is 37.0 Å². The van der Waals surface area contributed by atoms with Crippen molar-refractivity contribution in [1.82, 2.24) is 0 Å². The molecule has 0 amide bonds. The standard InChI is InChI=1S/C16H20O2/c1-3-11-16(12-5-4-6-15(16)17)13-7-9-14(18-2)10-8-13/h3,7-10H,1,4-6,11-12H2,2H3/t16-/m0/s1. The number of Topliss-reactive ketones (excluding diaryl/α,β-unsaturated/α-hetero) is 1. The van der Waals surface area contributed by atoms with Crippen molar-refractivity contribution in [3.05, 3.63) is 42.5 Å². The van der Waals surface area contributed by atoms with Gasteiger partial charge in [0.05, 0.1) is 12.5 Å². The topological polar surface area (TPSA) is 26.3 Å². The van der Waals surface area contributed by atoms with Crippen LogP contribution >= 0.6 is 0 Å². The van der Waals surface area contributed by atoms with Crippen LogP contribution in [0.2, 0.25) is 0 Å². The van der Waals surface area contributed by atoms with Gasteiger partial charge in [0.25, 0.3) is 0 Å². The molecule has 96 valence electrons. The van der Waals surface area contributed by atoms with Gasteiger partial charge >= 0.3 is 0 Å². The average molecular weight is 244 g/mol. The molecule has 0 spiro atoms. The van der Waals surface area contributed by atoms with E-state index in [0.29, 0.717) is 12.2 Å². The Morgan fingerprint density at radius 3 is 2.61 bits per heavy atom. The molecule has 0 heterocycles. The smallest absolute Gasteiger partial charge is 0.143 e. The maximum Gasteiger partial charge on any atom is 0.143 e. The van der Waals surface area contributed by atoms with Crippen molar-refractivity contribution in [1.29, 1.82) is 0 Å². The van der Waals surface area contributed by atoms with E-state index >= 15 is 0 Å². The van der Waals surface area contributed by atoms with Crippen molar-refractivity contribution in [2.24, 2.45) is 0 Å². The first-order valence-electron chi connectivity index (χ1n) is 6.52. The van der Waals surface area contributed by atoms with E-state index < -0.39 is 0 Å². The Morgan fingerprint density at radius 1 is 1.33 bits per heavy atom. The van der Waals surface area contributed by atoms with Crippen molar-refractivity contribution in [3.63, 3.8) is 0 Å². The van der Waals surface area contributed by atoms with Crippen molar-refractivity contribution < 1.29 is 9.53 Å². The number of benzene rings is 1. The monoisotopic (exact) mass is 244 g/mol. The SMILES string of the molecule is C=CC[C@@]1(c2ccc(OC)cc2)CCCCC1=O. The number of ketones is 1. The molecule has 1 saturated carbocycles. The van der Waals surface area contributed by atoms with Crippen molar-refractivity contribution in [2.45, 2.75) is 37.5 Å². The van der Waals surface area contributed by atoms with Gasteiger partial charge in [0.15, 0.2) is 0 Å². The molecule has 1 atom stereocenters. The van der Waals surface area contributed by atoms with Crippen molar-refractivity contribution in [2.75, 3.05) is 7.11 Å². The van der Waals surface area contributed by atoms with Gasteiger partial charge in [-0.1, -0.05) is 24.6 Å². The minimum Gasteiger partial charge on any atom is -0.497 e. The minimum atomic E-state index is -0.341. The number of methoxy groups -OCH3 is 1. The molecule has 0 bridgehead atoms. The van der Waals surface area contributed by atoms with E-state index in [1.54, 1.807) is 7.11 Å². The van der Waals surface area contributed by atoms with Gasteiger partial charge in [0.1, 0.15) is 11.5 Å². The summed E-state index contributed by atoms with van der Waals surface area (Å²) < 4.78 is 5.17. The lowest BCUT2D eigenvalue weighted by molar-refractivity contribution is -0.126. The van der Waals surface area contributed by atoms with Gasteiger partial charge in [-0.2, -0.15) is 0 Å². The highest BCUT2D eigenvalue weighted by molar-refractivity contribution is 5.91. The number of ether oxygens (including phenoxy) is 1. The van der Waals surface area contributed by atoms with Crippen LogP contribution in [0.1, 0.15) is 37.7 Å². The fourth-order valence-corrected chi connectivity index (χ4v) is 2.89. The van der Waals surface area contributed by atoms with Crippen LogP contribution in [0.4, 0.5) is 0 Å². The molecule has 1 fully saturated rings. The first-order chi connectivity index (χ1) is 8.73. The molecule has 0 radical (unpaired) electrons. The maximum atomic E-state index is 12.4. The molecule has 2 nitrogen and oxygen atoms in total. The summed E-state index contributed by atoms with van der Waals surface area (Å²) >= 11 is 0. The zero-order valence-corrected chi connectivity index (χ0v) is 10.9. The van der Waals surface area contributed by atoms with Crippen LogP contribution in [0.3, 0.4) is 0 Å². The summed E-state index contributed by atoms with van der Waals surface area (Å²) in [5.74, 6) is 1.19. The van der Waals surface area contributed by atoms with Crippen LogP contribution in [-0.4, -0.2) is 12.9 Å². The number of rotatable bonds is 4. The first-order valence-corrected chi connectivity index (χ1v) is 6.52. The number of allylic oxidation sites excluding steroid dienone is 1. The molecular formula is C16H20O2. The number of hydrogen-bond acceptors (Lipinski definition) is 2. The van der Waals surface area contributed by atoms with Crippen LogP contribution in [0.5, 0.6) is 5.75 Å². The second-order valence-corrected chi connectivity index (χ2v) is 4.93. The lowest BCUT2D eigenvalue weighted by Crippen LogP contribution is -2.38. The minimum absolute atomic E-state index is 0.341. The van der Waals surface area contributed by atoms with Crippen LogP contribution in [0.15, 0.2) is 36.9 Å². The predicted molar refractivity (Wildman–Crippen MR) is 73.0 cm³/mol. The predicted octanol–water partition coefficient (Wildman–Crippen LogP) is 3.65. The summed E-state index contributed by atoms with van der Waals surface area (Å²) in [7, 11) is 1.65. The molecule has 0 N–H and O–H groups in total. The first kappa shape index (κ1) is 12.9. The molecule has 2 heteroatoms. The van der Waals surface area contributed by atoms with Gasteiger partial charge < -0.3 is 4.74 Å². The molecule has 1 aliphatic rings. The number of carbonyl (C=O) groups excluding carboxylic acids is 1. The van der Waals surface area contributed by atoms with E-state index in [-0.39, 0.29) is 5.41 Å². The molecule has 1 aromatic carbocycles. The highest BCUT2D eigenvalue weighted by Crippen LogP contribution is 2.40. The summed E-state index contributed by atoms with van der Waals surface area (Å²) in [5.41, 5.74) is 0.764. The Morgan fingerprint density at radius 2 is 2.06 bits per heavy atom. The van der Waals surface area contributed by atoms with E-state index in [1.807, 2.05) is 30.3 Å². The second kappa shape index (κ2) is 5.38. The lowest BCUT2D eigenvalue weighted by atomic mass is 9.66. The van der Waals surface area contributed by atoms with E-state index in [0.717, 1.165) is 37.0 Å². The summed E-state index contributed by atoms with van der Waals surface area (Å²) in [5, 5.41) is 0. The van der Waals surface area contributed by atoms with E-state index in [1.165, 1.54) is 0 Å². The Kier molecular flexibility index (Phi) is 3.85. The van der Waals surface area contributed by atoms with Crippen LogP contribution < -0.4 is 4.74 Å². The Bertz CT molecular complexity index is 433. The zero-order valence-electron chi connectivity index (χ0n) is 10.9. The summed E-state index contributed by atoms with van der Waals surface area (Å²) in [6, 6.07) is 7.90. The summed E-state index contributed by atoms with van der Waals surface area (Å²) in [6.45, 7) is 3.82. The summed E-state index contributed by atoms with van der Waals surface area (Å²) in [4.78, 5) is 12.4. The van der Waals surface area contributed by atoms with E-state index in [9.17, 15) is 4.79 Å². The highest BCUT2D eigenvalue weighted by atomic mass is 16.5. The fourth-order valence-electron chi connectivity index (χ4n) is 2.89. The van der Waals surface area contributed by atoms with Gasteiger partial charge in [-0.25, -0.2) is 0 Å². The molecule has 2 rings (SSSR count). The van der Waals surface area contributed by atoms with Gasteiger partial charge in [-0.3, -0.25) is 4.79 Å². The molecule has 1 aromatic rings. The Hall–Kier alpha value is -1.57. The van der Waals surface area contributed by atoms with Gasteiger partial charge in [0, 0.05) is 6.42 Å². The van der Waals surface area contributed by atoms with Crippen LogP contribution in [0.25, 0.3) is 0 Å². The second-order valence-electron chi connectivity index (χ2n) is 4.93. The van der Waals surface area contributed by atoms with Gasteiger partial charge in [-0.15, -0.1) is 6.58 Å². The van der Waals surface area contributed by atoms with E-state index in [4.69, 9.17) is 4.74 Å². The largest absolute Gasteiger partial charge is 0.497 e. The molecule has 1 aliphatic carbocycles. The highest BCUT2D eigenvalue weighted by Gasteiger charge is 2.40. The average Bonchev–Trinajstić information content (AvgIpc) is 2.42. The third-order valence-electron chi connectivity index (χ3n) is 3.93. The number of hydrogen-bond donors (Lipinski definition) is 0. The van der Waals surface area contributed by atoms with Crippen LogP contribution in [-0.2, 0) is 10.2 Å². The zero-order chi connectivity index (χ0) is 13.0.